The highest BCUT2D eigenvalue weighted by atomic mass is 79.9. The van der Waals surface area contributed by atoms with E-state index in [2.05, 4.69) is 42.2 Å². The molecule has 23 heavy (non-hydrogen) atoms. The molecule has 1 aliphatic heterocycles. The van der Waals surface area contributed by atoms with E-state index in [1.807, 2.05) is 25.1 Å². The second-order valence-electron chi connectivity index (χ2n) is 5.48. The maximum atomic E-state index is 10.8. The van der Waals surface area contributed by atoms with E-state index >= 15 is 0 Å². The molecule has 1 aromatic heterocycles. The van der Waals surface area contributed by atoms with Gasteiger partial charge in [0.2, 0.25) is 6.41 Å². The van der Waals surface area contributed by atoms with Crippen LogP contribution in [0.4, 0.5) is 17.3 Å². The lowest BCUT2D eigenvalue weighted by Gasteiger charge is -2.33. The molecule has 0 radical (unpaired) electrons. The zero-order chi connectivity index (χ0) is 16.2. The van der Waals surface area contributed by atoms with E-state index in [0.29, 0.717) is 0 Å². The highest BCUT2D eigenvalue weighted by Crippen LogP contribution is 2.23. The molecule has 0 unspecified atom stereocenters. The molecule has 0 saturated carbocycles. The molecule has 1 amide bonds. The van der Waals surface area contributed by atoms with Gasteiger partial charge in [-0.1, -0.05) is 15.9 Å². The first-order valence-corrected chi connectivity index (χ1v) is 8.24. The summed E-state index contributed by atoms with van der Waals surface area (Å²) in [5.74, 6) is 1.64. The predicted octanol–water partition coefficient (Wildman–Crippen LogP) is 2.57. The molecule has 1 aromatic carbocycles. The Morgan fingerprint density at radius 2 is 1.96 bits per heavy atom. The molecule has 2 heterocycles. The molecule has 0 bridgehead atoms. The van der Waals surface area contributed by atoms with Crippen LogP contribution in [0.25, 0.3) is 0 Å². The minimum Gasteiger partial charge on any atom is -0.353 e. The molecule has 2 aromatic rings. The molecule has 0 aliphatic carbocycles. The largest absolute Gasteiger partial charge is 0.353 e. The number of nitrogens with one attached hydrogen (secondary N) is 1. The van der Waals surface area contributed by atoms with E-state index in [1.165, 1.54) is 0 Å². The molecule has 6 nitrogen and oxygen atoms in total. The van der Waals surface area contributed by atoms with Crippen molar-refractivity contribution in [2.24, 2.45) is 0 Å². The average molecular weight is 376 g/mol. The van der Waals surface area contributed by atoms with Gasteiger partial charge in [0.1, 0.15) is 18.0 Å². The van der Waals surface area contributed by atoms with Crippen molar-refractivity contribution >= 4 is 39.7 Å². The molecule has 3 rings (SSSR count). The van der Waals surface area contributed by atoms with Crippen LogP contribution in [0.15, 0.2) is 35.1 Å². The smallest absolute Gasteiger partial charge is 0.209 e. The Kier molecular flexibility index (Phi) is 4.76. The molecule has 7 heteroatoms. The first-order valence-electron chi connectivity index (χ1n) is 7.45. The molecular weight excluding hydrogens is 358 g/mol. The van der Waals surface area contributed by atoms with E-state index in [9.17, 15) is 4.79 Å². The predicted molar refractivity (Wildman–Crippen MR) is 94.0 cm³/mol. The Bertz CT molecular complexity index is 701. The summed E-state index contributed by atoms with van der Waals surface area (Å²) in [5, 5.41) is 3.31. The highest BCUT2D eigenvalue weighted by Gasteiger charge is 2.17. The van der Waals surface area contributed by atoms with Crippen LogP contribution < -0.4 is 10.2 Å². The van der Waals surface area contributed by atoms with Gasteiger partial charge in [0.05, 0.1) is 0 Å². The van der Waals surface area contributed by atoms with Crippen molar-refractivity contribution < 1.29 is 4.79 Å². The van der Waals surface area contributed by atoms with Crippen LogP contribution in [-0.4, -0.2) is 47.5 Å². The summed E-state index contributed by atoms with van der Waals surface area (Å²) in [6, 6.07) is 8.02. The number of nitrogens with zero attached hydrogens (tertiary/aromatic N) is 4. The number of piperazine rings is 1. The number of carbonyl (C=O) groups is 1. The fraction of sp³-hybridized carbons (Fsp3) is 0.312. The number of anilines is 3. The Balaban J connectivity index is 1.72. The van der Waals surface area contributed by atoms with Gasteiger partial charge in [0, 0.05) is 42.4 Å². The maximum absolute atomic E-state index is 10.8. The second kappa shape index (κ2) is 6.95. The highest BCUT2D eigenvalue weighted by molar-refractivity contribution is 9.10. The number of rotatable bonds is 4. The van der Waals surface area contributed by atoms with E-state index in [4.69, 9.17) is 0 Å². The SMILES string of the molecule is Cc1cc(Nc2cc(N3CCN(C=O)CC3)ncn2)ccc1Br. The monoisotopic (exact) mass is 375 g/mol. The molecule has 120 valence electrons. The first kappa shape index (κ1) is 15.7. The van der Waals surface area contributed by atoms with Crippen LogP contribution in [0.3, 0.4) is 0 Å². The van der Waals surface area contributed by atoms with Crippen LogP contribution in [0.2, 0.25) is 0 Å². The number of benzene rings is 1. The van der Waals surface area contributed by atoms with Crippen molar-refractivity contribution in [3.05, 3.63) is 40.6 Å². The van der Waals surface area contributed by atoms with Crippen LogP contribution in [0, 0.1) is 6.92 Å². The lowest BCUT2D eigenvalue weighted by atomic mass is 10.2. The van der Waals surface area contributed by atoms with Gasteiger partial charge < -0.3 is 15.1 Å². The summed E-state index contributed by atoms with van der Waals surface area (Å²) in [7, 11) is 0. The molecule has 0 atom stereocenters. The number of halogens is 1. The number of aromatic nitrogens is 2. The minimum atomic E-state index is 0.724. The third-order valence-corrected chi connectivity index (χ3v) is 4.76. The van der Waals surface area contributed by atoms with Gasteiger partial charge in [0.15, 0.2) is 0 Å². The molecular formula is C16H18BrN5O. The Hall–Kier alpha value is -2.15. The van der Waals surface area contributed by atoms with Crippen molar-refractivity contribution in [3.8, 4) is 0 Å². The number of hydrogen-bond acceptors (Lipinski definition) is 5. The first-order chi connectivity index (χ1) is 11.2. The average Bonchev–Trinajstić information content (AvgIpc) is 2.58. The fourth-order valence-corrected chi connectivity index (χ4v) is 2.76. The summed E-state index contributed by atoms with van der Waals surface area (Å²) in [6.07, 6.45) is 2.47. The zero-order valence-corrected chi connectivity index (χ0v) is 14.5. The van der Waals surface area contributed by atoms with E-state index in [-0.39, 0.29) is 0 Å². The van der Waals surface area contributed by atoms with Crippen LogP contribution in [0.5, 0.6) is 0 Å². The number of carbonyl (C=O) groups excluding carboxylic acids is 1. The molecule has 1 N–H and O–H groups in total. The number of aryl methyl sites for hydroxylation is 1. The van der Waals surface area contributed by atoms with Crippen LogP contribution in [0.1, 0.15) is 5.56 Å². The summed E-state index contributed by atoms with van der Waals surface area (Å²) in [5.41, 5.74) is 2.15. The van der Waals surface area contributed by atoms with Gasteiger partial charge >= 0.3 is 0 Å². The van der Waals surface area contributed by atoms with Crippen molar-refractivity contribution in [2.75, 3.05) is 36.4 Å². The third-order valence-electron chi connectivity index (χ3n) is 3.87. The minimum absolute atomic E-state index is 0.724. The summed E-state index contributed by atoms with van der Waals surface area (Å²) >= 11 is 3.50. The summed E-state index contributed by atoms with van der Waals surface area (Å²) in [6.45, 7) is 5.07. The molecule has 1 saturated heterocycles. The van der Waals surface area contributed by atoms with Gasteiger partial charge in [0.25, 0.3) is 0 Å². The van der Waals surface area contributed by atoms with Gasteiger partial charge in [-0.3, -0.25) is 4.79 Å². The second-order valence-corrected chi connectivity index (χ2v) is 6.33. The Morgan fingerprint density at radius 3 is 2.65 bits per heavy atom. The summed E-state index contributed by atoms with van der Waals surface area (Å²) in [4.78, 5) is 23.4. The number of hydrogen-bond donors (Lipinski definition) is 1. The van der Waals surface area contributed by atoms with Gasteiger partial charge in [-0.05, 0) is 30.7 Å². The van der Waals surface area contributed by atoms with Crippen LogP contribution in [-0.2, 0) is 4.79 Å². The van der Waals surface area contributed by atoms with Gasteiger partial charge in [-0.15, -0.1) is 0 Å². The molecule has 1 fully saturated rings. The Labute approximate surface area is 143 Å². The van der Waals surface area contributed by atoms with E-state index in [1.54, 1.807) is 11.2 Å². The van der Waals surface area contributed by atoms with Gasteiger partial charge in [-0.25, -0.2) is 9.97 Å². The standard InChI is InChI=1S/C16H18BrN5O/c1-12-8-13(2-3-14(12)17)20-15-9-16(19-10-18-15)22-6-4-21(11-23)5-7-22/h2-3,8-11H,4-7H2,1H3,(H,18,19,20). The molecule has 0 spiro atoms. The summed E-state index contributed by atoms with van der Waals surface area (Å²) < 4.78 is 1.08. The van der Waals surface area contributed by atoms with E-state index < -0.39 is 0 Å². The molecule has 1 aliphatic rings. The quantitative estimate of drug-likeness (QED) is 0.832. The van der Waals surface area contributed by atoms with Crippen molar-refractivity contribution in [2.45, 2.75) is 6.92 Å². The van der Waals surface area contributed by atoms with Crippen molar-refractivity contribution in [1.29, 1.82) is 0 Å². The zero-order valence-electron chi connectivity index (χ0n) is 12.9. The fourth-order valence-electron chi connectivity index (χ4n) is 2.52. The van der Waals surface area contributed by atoms with Crippen molar-refractivity contribution in [1.82, 2.24) is 14.9 Å². The topological polar surface area (TPSA) is 61.4 Å². The van der Waals surface area contributed by atoms with Crippen molar-refractivity contribution in [3.63, 3.8) is 0 Å². The van der Waals surface area contributed by atoms with Gasteiger partial charge in [-0.2, -0.15) is 0 Å². The third kappa shape index (κ3) is 3.79. The maximum Gasteiger partial charge on any atom is 0.209 e. The lowest BCUT2D eigenvalue weighted by Crippen LogP contribution is -2.46. The normalized spacial score (nSPS) is 14.7. The lowest BCUT2D eigenvalue weighted by molar-refractivity contribution is -0.118. The Morgan fingerprint density at radius 1 is 1.17 bits per heavy atom. The number of amides is 1. The van der Waals surface area contributed by atoms with Crippen LogP contribution >= 0.6 is 15.9 Å². The van der Waals surface area contributed by atoms with E-state index in [0.717, 1.165) is 59.9 Å².